The zero-order chi connectivity index (χ0) is 13.2. The number of nitrogens with two attached hydrogens (primary N) is 1. The Morgan fingerprint density at radius 2 is 2.11 bits per heavy atom. The molecule has 1 atom stereocenters. The molecule has 0 aliphatic carbocycles. The summed E-state index contributed by atoms with van der Waals surface area (Å²) < 4.78 is 13.6. The van der Waals surface area contributed by atoms with E-state index < -0.39 is 5.54 Å². The van der Waals surface area contributed by atoms with Crippen LogP contribution in [0.5, 0.6) is 0 Å². The van der Waals surface area contributed by atoms with E-state index in [1.807, 2.05) is 19.1 Å². The molecule has 1 aromatic carbocycles. The third kappa shape index (κ3) is 2.98. The Balaban J connectivity index is 2.11. The lowest BCUT2D eigenvalue weighted by molar-refractivity contribution is 0.450. The van der Waals surface area contributed by atoms with E-state index in [0.717, 1.165) is 18.4 Å². The van der Waals surface area contributed by atoms with Crippen LogP contribution in [0.25, 0.3) is 0 Å². The van der Waals surface area contributed by atoms with Crippen molar-refractivity contribution in [2.45, 2.75) is 32.2 Å². The highest BCUT2D eigenvalue weighted by Gasteiger charge is 2.22. The fourth-order valence-electron chi connectivity index (χ4n) is 1.93. The first kappa shape index (κ1) is 13.2. The Bertz CT molecular complexity index is 517. The molecule has 2 aromatic rings. The normalized spacial score (nSPS) is 14.4. The molecular formula is C15H18FNS. The van der Waals surface area contributed by atoms with Gasteiger partial charge in [0.1, 0.15) is 5.82 Å². The summed E-state index contributed by atoms with van der Waals surface area (Å²) in [6.07, 6.45) is 1.75. The molecule has 1 aromatic heterocycles. The molecule has 1 nitrogen and oxygen atoms in total. The molecular weight excluding hydrogens is 245 g/mol. The van der Waals surface area contributed by atoms with Gasteiger partial charge in [-0.15, -0.1) is 11.3 Å². The first-order chi connectivity index (χ1) is 8.49. The minimum atomic E-state index is -0.488. The maximum absolute atomic E-state index is 13.6. The first-order valence-corrected chi connectivity index (χ1v) is 6.95. The van der Waals surface area contributed by atoms with Gasteiger partial charge in [-0.1, -0.05) is 18.2 Å². The predicted molar refractivity (Wildman–Crippen MR) is 75.3 cm³/mol. The van der Waals surface area contributed by atoms with Gasteiger partial charge in [-0.25, -0.2) is 4.39 Å². The molecule has 2 rings (SSSR count). The molecule has 1 heterocycles. The number of aryl methyl sites for hydroxylation is 2. The summed E-state index contributed by atoms with van der Waals surface area (Å²) in [6.45, 7) is 3.73. The van der Waals surface area contributed by atoms with Gasteiger partial charge in [0.15, 0.2) is 0 Å². The van der Waals surface area contributed by atoms with Gasteiger partial charge in [-0.3, -0.25) is 0 Å². The third-order valence-corrected chi connectivity index (χ3v) is 4.24. The molecule has 0 amide bonds. The number of hydrogen-bond acceptors (Lipinski definition) is 2. The van der Waals surface area contributed by atoms with Crippen LogP contribution in [0.15, 0.2) is 35.7 Å². The van der Waals surface area contributed by atoms with Crippen LogP contribution in [0.1, 0.15) is 29.3 Å². The van der Waals surface area contributed by atoms with Gasteiger partial charge in [0, 0.05) is 10.4 Å². The minimum Gasteiger partial charge on any atom is -0.322 e. The summed E-state index contributed by atoms with van der Waals surface area (Å²) in [7, 11) is 0. The molecule has 0 fully saturated rings. The maximum atomic E-state index is 13.6. The van der Waals surface area contributed by atoms with Gasteiger partial charge < -0.3 is 5.73 Å². The average molecular weight is 263 g/mol. The largest absolute Gasteiger partial charge is 0.322 e. The van der Waals surface area contributed by atoms with Crippen LogP contribution in [0.3, 0.4) is 0 Å². The van der Waals surface area contributed by atoms with Crippen molar-refractivity contribution >= 4 is 11.3 Å². The van der Waals surface area contributed by atoms with Crippen LogP contribution in [0, 0.1) is 12.7 Å². The molecule has 0 spiro atoms. The topological polar surface area (TPSA) is 26.0 Å². The number of benzene rings is 1. The van der Waals surface area contributed by atoms with Gasteiger partial charge >= 0.3 is 0 Å². The minimum absolute atomic E-state index is 0.180. The summed E-state index contributed by atoms with van der Waals surface area (Å²) in [5.41, 5.74) is 7.35. The Hall–Kier alpha value is -1.19. The lowest BCUT2D eigenvalue weighted by atomic mass is 9.87. The second kappa shape index (κ2) is 5.21. The zero-order valence-corrected chi connectivity index (χ0v) is 11.6. The van der Waals surface area contributed by atoms with Gasteiger partial charge in [0.2, 0.25) is 0 Å². The Kier molecular flexibility index (Phi) is 3.83. The first-order valence-electron chi connectivity index (χ1n) is 6.07. The average Bonchev–Trinajstić information content (AvgIpc) is 2.83. The fraction of sp³-hybridized carbons (Fsp3) is 0.333. The summed E-state index contributed by atoms with van der Waals surface area (Å²) in [4.78, 5) is 1.32. The van der Waals surface area contributed by atoms with Crippen molar-refractivity contribution in [1.82, 2.24) is 0 Å². The quantitative estimate of drug-likeness (QED) is 0.886. The highest BCUT2D eigenvalue weighted by Crippen LogP contribution is 2.26. The second-order valence-electron chi connectivity index (χ2n) is 4.96. The van der Waals surface area contributed by atoms with Gasteiger partial charge in [0.25, 0.3) is 0 Å². The molecule has 96 valence electrons. The molecule has 0 saturated heterocycles. The van der Waals surface area contributed by atoms with Crippen molar-refractivity contribution in [2.24, 2.45) is 5.73 Å². The van der Waals surface area contributed by atoms with Crippen molar-refractivity contribution in [3.8, 4) is 0 Å². The molecule has 0 saturated carbocycles. The highest BCUT2D eigenvalue weighted by atomic mass is 32.1. The van der Waals surface area contributed by atoms with Crippen LogP contribution in [0.4, 0.5) is 4.39 Å². The standard InChI is InChI=1S/C15H18FNS/c1-11-5-6-12(10-14(11)16)15(2,17)8-7-13-4-3-9-18-13/h3-6,9-10H,7-8,17H2,1-2H3. The molecule has 0 aliphatic rings. The SMILES string of the molecule is Cc1ccc(C(C)(N)CCc2cccs2)cc1F. The van der Waals surface area contributed by atoms with Crippen molar-refractivity contribution < 1.29 is 4.39 Å². The van der Waals surface area contributed by atoms with Crippen LogP contribution in [-0.2, 0) is 12.0 Å². The van der Waals surface area contributed by atoms with Crippen LogP contribution in [0.2, 0.25) is 0 Å². The van der Waals surface area contributed by atoms with E-state index in [-0.39, 0.29) is 5.82 Å². The van der Waals surface area contributed by atoms with Crippen molar-refractivity contribution in [2.75, 3.05) is 0 Å². The molecule has 0 radical (unpaired) electrons. The van der Waals surface area contributed by atoms with E-state index in [0.29, 0.717) is 5.56 Å². The lowest BCUT2D eigenvalue weighted by Crippen LogP contribution is -2.33. The van der Waals surface area contributed by atoms with E-state index in [4.69, 9.17) is 5.73 Å². The van der Waals surface area contributed by atoms with Crippen LogP contribution in [-0.4, -0.2) is 0 Å². The van der Waals surface area contributed by atoms with E-state index in [9.17, 15) is 4.39 Å². The van der Waals surface area contributed by atoms with Crippen LogP contribution >= 0.6 is 11.3 Å². The van der Waals surface area contributed by atoms with Crippen molar-refractivity contribution in [3.63, 3.8) is 0 Å². The van der Waals surface area contributed by atoms with Gasteiger partial charge in [0.05, 0.1) is 0 Å². The fourth-order valence-corrected chi connectivity index (χ4v) is 2.64. The summed E-state index contributed by atoms with van der Waals surface area (Å²) in [5.74, 6) is -0.180. The molecule has 18 heavy (non-hydrogen) atoms. The molecule has 3 heteroatoms. The van der Waals surface area contributed by atoms with E-state index in [2.05, 4.69) is 11.4 Å². The summed E-state index contributed by atoms with van der Waals surface area (Å²) >= 11 is 1.73. The number of hydrogen-bond donors (Lipinski definition) is 1. The smallest absolute Gasteiger partial charge is 0.126 e. The third-order valence-electron chi connectivity index (χ3n) is 3.30. The maximum Gasteiger partial charge on any atom is 0.126 e. The number of thiophene rings is 1. The number of halogens is 1. The Morgan fingerprint density at radius 3 is 2.72 bits per heavy atom. The predicted octanol–water partition coefficient (Wildman–Crippen LogP) is 4.00. The van der Waals surface area contributed by atoms with Crippen LogP contribution < -0.4 is 5.73 Å². The van der Waals surface area contributed by atoms with E-state index in [1.54, 1.807) is 30.4 Å². The second-order valence-corrected chi connectivity index (χ2v) is 5.99. The van der Waals surface area contributed by atoms with Gasteiger partial charge in [-0.05, 0) is 55.3 Å². The Labute approximate surface area is 111 Å². The highest BCUT2D eigenvalue weighted by molar-refractivity contribution is 7.09. The monoisotopic (exact) mass is 263 g/mol. The zero-order valence-electron chi connectivity index (χ0n) is 10.7. The number of rotatable bonds is 4. The molecule has 0 bridgehead atoms. The molecule has 2 N–H and O–H groups in total. The van der Waals surface area contributed by atoms with Crippen molar-refractivity contribution in [3.05, 3.63) is 57.5 Å². The molecule has 0 aliphatic heterocycles. The van der Waals surface area contributed by atoms with E-state index in [1.165, 1.54) is 4.88 Å². The van der Waals surface area contributed by atoms with Crippen molar-refractivity contribution in [1.29, 1.82) is 0 Å². The molecule has 1 unspecified atom stereocenters. The lowest BCUT2D eigenvalue weighted by Gasteiger charge is -2.25. The Morgan fingerprint density at radius 1 is 1.33 bits per heavy atom. The van der Waals surface area contributed by atoms with E-state index >= 15 is 0 Å². The van der Waals surface area contributed by atoms with Gasteiger partial charge in [-0.2, -0.15) is 0 Å². The summed E-state index contributed by atoms with van der Waals surface area (Å²) in [6, 6.07) is 9.42. The summed E-state index contributed by atoms with van der Waals surface area (Å²) in [5, 5.41) is 2.06.